The van der Waals surface area contributed by atoms with Crippen LogP contribution in [0.3, 0.4) is 0 Å². The Balaban J connectivity index is 0.00000259. The highest BCUT2D eigenvalue weighted by Gasteiger charge is 2.17. The van der Waals surface area contributed by atoms with E-state index in [1.54, 1.807) is 0 Å². The fourth-order valence-corrected chi connectivity index (χ4v) is 4.23. The van der Waals surface area contributed by atoms with Crippen LogP contribution in [0.1, 0.15) is 12.8 Å². The van der Waals surface area contributed by atoms with Crippen molar-refractivity contribution < 1.29 is 4.39 Å². The maximum Gasteiger partial charge on any atom is 0.229 e. The summed E-state index contributed by atoms with van der Waals surface area (Å²) in [5.41, 5.74) is 1.78. The molecule has 0 amide bonds. The van der Waals surface area contributed by atoms with Crippen LogP contribution < -0.4 is 20.9 Å². The van der Waals surface area contributed by atoms with Gasteiger partial charge in [-0.25, -0.2) is 14.4 Å². The van der Waals surface area contributed by atoms with Crippen molar-refractivity contribution >= 4 is 46.6 Å². The second-order valence-corrected chi connectivity index (χ2v) is 8.57. The van der Waals surface area contributed by atoms with E-state index in [4.69, 9.17) is 4.98 Å². The number of nitrogens with zero attached hydrogens (tertiary/aromatic N) is 5. The molecule has 2 aliphatic heterocycles. The van der Waals surface area contributed by atoms with E-state index >= 15 is 0 Å². The number of nitrogens with one attached hydrogen (secondary N) is 3. The average Bonchev–Trinajstić information content (AvgIpc) is 2.82. The smallest absolute Gasteiger partial charge is 0.229 e. The Kier molecular flexibility index (Phi) is 7.42. The number of rotatable bonds is 5. The van der Waals surface area contributed by atoms with Gasteiger partial charge in [-0.3, -0.25) is 0 Å². The van der Waals surface area contributed by atoms with Crippen LogP contribution in [0.4, 0.5) is 27.7 Å². The Morgan fingerprint density at radius 3 is 2.73 bits per heavy atom. The zero-order valence-corrected chi connectivity index (χ0v) is 19.5. The second kappa shape index (κ2) is 10.5. The van der Waals surface area contributed by atoms with Crippen LogP contribution in [0.15, 0.2) is 36.5 Å². The summed E-state index contributed by atoms with van der Waals surface area (Å²) in [6.45, 7) is 5.89. The predicted octanol–water partition coefficient (Wildman–Crippen LogP) is 3.25. The predicted molar refractivity (Wildman–Crippen MR) is 133 cm³/mol. The Labute approximate surface area is 199 Å². The number of piperidine rings is 1. The molecular formula is C23H30ClFN8. The third kappa shape index (κ3) is 5.61. The highest BCUT2D eigenvalue weighted by atomic mass is 35.5. The third-order valence-electron chi connectivity index (χ3n) is 6.14. The van der Waals surface area contributed by atoms with Crippen molar-refractivity contribution in [2.24, 2.45) is 0 Å². The highest BCUT2D eigenvalue weighted by Crippen LogP contribution is 2.24. The van der Waals surface area contributed by atoms with Gasteiger partial charge in [0.2, 0.25) is 5.95 Å². The summed E-state index contributed by atoms with van der Waals surface area (Å²) in [5.74, 6) is 1.16. The molecule has 3 N–H and O–H groups in total. The van der Waals surface area contributed by atoms with Crippen LogP contribution in [-0.2, 0) is 0 Å². The van der Waals surface area contributed by atoms with Gasteiger partial charge in [0.15, 0.2) is 11.6 Å². The lowest BCUT2D eigenvalue weighted by Crippen LogP contribution is -2.44. The summed E-state index contributed by atoms with van der Waals surface area (Å²) in [5, 5.41) is 10.7. The van der Waals surface area contributed by atoms with Gasteiger partial charge in [0.1, 0.15) is 5.82 Å². The number of benzene rings is 1. The number of halogens is 2. The number of fused-ring (bicyclic) bond motifs is 1. The summed E-state index contributed by atoms with van der Waals surface area (Å²) < 4.78 is 14.2. The third-order valence-corrected chi connectivity index (χ3v) is 6.14. The SMILES string of the molecule is CN1CCN(c2ccc3cc(Nc4ncc(F)c(N[C@@H]5CCCNC5)n4)ccc3n2)CC1.Cl. The van der Waals surface area contributed by atoms with Gasteiger partial charge in [-0.1, -0.05) is 0 Å². The number of aromatic nitrogens is 3. The molecule has 176 valence electrons. The zero-order valence-electron chi connectivity index (χ0n) is 18.7. The lowest BCUT2D eigenvalue weighted by atomic mass is 10.1. The number of anilines is 4. The van der Waals surface area contributed by atoms with Crippen molar-refractivity contribution in [1.82, 2.24) is 25.2 Å². The van der Waals surface area contributed by atoms with E-state index < -0.39 is 5.82 Å². The van der Waals surface area contributed by atoms with Crippen molar-refractivity contribution in [3.8, 4) is 0 Å². The molecule has 1 aromatic carbocycles. The second-order valence-electron chi connectivity index (χ2n) is 8.57. The lowest BCUT2D eigenvalue weighted by molar-refractivity contribution is 0.312. The summed E-state index contributed by atoms with van der Waals surface area (Å²) in [6.07, 6.45) is 3.27. The first-order valence-electron chi connectivity index (χ1n) is 11.3. The summed E-state index contributed by atoms with van der Waals surface area (Å²) in [6, 6.07) is 10.3. The van der Waals surface area contributed by atoms with Gasteiger partial charge >= 0.3 is 0 Å². The summed E-state index contributed by atoms with van der Waals surface area (Å²) >= 11 is 0. The molecule has 2 aliphatic rings. The van der Waals surface area contributed by atoms with Crippen LogP contribution in [0.25, 0.3) is 10.9 Å². The molecule has 8 nitrogen and oxygen atoms in total. The number of pyridine rings is 1. The van der Waals surface area contributed by atoms with Crippen LogP contribution >= 0.6 is 12.4 Å². The largest absolute Gasteiger partial charge is 0.363 e. The van der Waals surface area contributed by atoms with Gasteiger partial charge < -0.3 is 25.8 Å². The molecule has 1 atom stereocenters. The van der Waals surface area contributed by atoms with E-state index in [2.05, 4.69) is 54.9 Å². The number of hydrogen-bond donors (Lipinski definition) is 3. The van der Waals surface area contributed by atoms with Crippen molar-refractivity contribution in [2.75, 3.05) is 61.8 Å². The minimum Gasteiger partial charge on any atom is -0.363 e. The molecule has 10 heteroatoms. The Morgan fingerprint density at radius 1 is 1.09 bits per heavy atom. The molecule has 0 spiro atoms. The first-order valence-corrected chi connectivity index (χ1v) is 11.3. The van der Waals surface area contributed by atoms with E-state index in [1.165, 1.54) is 6.20 Å². The van der Waals surface area contributed by atoms with E-state index in [0.29, 0.717) is 5.95 Å². The molecule has 4 heterocycles. The molecular weight excluding hydrogens is 443 g/mol. The molecule has 0 bridgehead atoms. The van der Waals surface area contributed by atoms with Crippen LogP contribution in [0, 0.1) is 5.82 Å². The van der Waals surface area contributed by atoms with Gasteiger partial charge in [0, 0.05) is 49.8 Å². The maximum absolute atomic E-state index is 14.2. The summed E-state index contributed by atoms with van der Waals surface area (Å²) in [7, 11) is 2.15. The fourth-order valence-electron chi connectivity index (χ4n) is 4.23. The van der Waals surface area contributed by atoms with E-state index in [-0.39, 0.29) is 24.3 Å². The van der Waals surface area contributed by atoms with Gasteiger partial charge in [0.05, 0.1) is 11.7 Å². The molecule has 5 rings (SSSR count). The number of likely N-dealkylation sites (N-methyl/N-ethyl adjacent to an activating group) is 1. The van der Waals surface area contributed by atoms with Crippen molar-refractivity contribution in [2.45, 2.75) is 18.9 Å². The molecule has 0 radical (unpaired) electrons. The first-order chi connectivity index (χ1) is 15.6. The summed E-state index contributed by atoms with van der Waals surface area (Å²) in [4.78, 5) is 18.0. The maximum atomic E-state index is 14.2. The topological polar surface area (TPSA) is 81.2 Å². The highest BCUT2D eigenvalue weighted by molar-refractivity contribution is 5.85. The normalized spacial score (nSPS) is 19.2. The van der Waals surface area contributed by atoms with Gasteiger partial charge in [0.25, 0.3) is 0 Å². The van der Waals surface area contributed by atoms with E-state index in [0.717, 1.165) is 74.5 Å². The minimum absolute atomic E-state index is 0. The van der Waals surface area contributed by atoms with Gasteiger partial charge in [-0.05, 0) is 56.8 Å². The molecule has 2 aromatic heterocycles. The zero-order chi connectivity index (χ0) is 21.9. The average molecular weight is 473 g/mol. The van der Waals surface area contributed by atoms with E-state index in [9.17, 15) is 4.39 Å². The van der Waals surface area contributed by atoms with Gasteiger partial charge in [-0.2, -0.15) is 4.98 Å². The van der Waals surface area contributed by atoms with Crippen LogP contribution in [0.2, 0.25) is 0 Å². The molecule has 0 unspecified atom stereocenters. The van der Waals surface area contributed by atoms with Crippen LogP contribution in [0.5, 0.6) is 0 Å². The Morgan fingerprint density at radius 2 is 1.94 bits per heavy atom. The van der Waals surface area contributed by atoms with Gasteiger partial charge in [-0.15, -0.1) is 12.4 Å². The monoisotopic (exact) mass is 472 g/mol. The van der Waals surface area contributed by atoms with Crippen molar-refractivity contribution in [3.05, 3.63) is 42.3 Å². The molecule has 2 saturated heterocycles. The molecule has 3 aromatic rings. The quantitative estimate of drug-likeness (QED) is 0.522. The minimum atomic E-state index is -0.444. The standard InChI is InChI=1S/C23H29FN8.ClH/c1-31-9-11-32(12-10-31)21-7-4-16-13-17(5-6-20(16)29-21)28-23-26-15-19(24)22(30-23)27-18-3-2-8-25-14-18;/h4-7,13,15,18,25H,2-3,8-12,14H2,1H3,(H2,26,27,28,30);1H/t18-;/m1./s1. The van der Waals surface area contributed by atoms with Crippen molar-refractivity contribution in [1.29, 1.82) is 0 Å². The Bertz CT molecular complexity index is 1080. The van der Waals surface area contributed by atoms with E-state index in [1.807, 2.05) is 18.2 Å². The lowest BCUT2D eigenvalue weighted by Gasteiger charge is -2.33. The number of hydrogen-bond acceptors (Lipinski definition) is 8. The Hall–Kier alpha value is -2.75. The number of piperazine rings is 1. The molecule has 0 aliphatic carbocycles. The van der Waals surface area contributed by atoms with Crippen molar-refractivity contribution in [3.63, 3.8) is 0 Å². The van der Waals surface area contributed by atoms with Crippen LogP contribution in [-0.4, -0.2) is 72.2 Å². The molecule has 33 heavy (non-hydrogen) atoms. The molecule has 2 fully saturated rings. The molecule has 0 saturated carbocycles. The fraction of sp³-hybridized carbons (Fsp3) is 0.435. The first kappa shape index (κ1) is 23.4.